The number of benzene rings is 2. The largest absolute Gasteiger partial charge is 0.507 e. The molecule has 2 rings (SSSR count). The van der Waals surface area contributed by atoms with E-state index in [1.54, 1.807) is 0 Å². The molecule has 0 aliphatic heterocycles. The average molecular weight is 386 g/mol. The van der Waals surface area contributed by atoms with Crippen molar-refractivity contribution >= 4 is 17.4 Å². The van der Waals surface area contributed by atoms with E-state index in [0.29, 0.717) is 11.3 Å². The number of carboxylic acid groups (broad SMARTS) is 1. The normalized spacial score (nSPS) is 11.9. The van der Waals surface area contributed by atoms with Crippen molar-refractivity contribution < 1.29 is 25.0 Å². The zero-order valence-corrected chi connectivity index (χ0v) is 16.5. The van der Waals surface area contributed by atoms with E-state index in [2.05, 4.69) is 31.2 Å². The van der Waals surface area contributed by atoms with Crippen molar-refractivity contribution in [2.24, 2.45) is 5.16 Å². The van der Waals surface area contributed by atoms with Gasteiger partial charge in [0.05, 0.1) is 0 Å². The van der Waals surface area contributed by atoms with Gasteiger partial charge in [0.2, 0.25) is 0 Å². The Morgan fingerprint density at radius 1 is 1.18 bits per heavy atom. The lowest BCUT2D eigenvalue weighted by Gasteiger charge is -2.24. The zero-order valence-electron chi connectivity index (χ0n) is 16.5. The van der Waals surface area contributed by atoms with E-state index >= 15 is 0 Å². The lowest BCUT2D eigenvalue weighted by molar-refractivity contribution is 0.0693. The molecular formula is C21H26N2O5. The molecule has 0 amide bonds. The van der Waals surface area contributed by atoms with Crippen LogP contribution < -0.4 is 10.1 Å². The molecule has 0 aromatic heterocycles. The fraction of sp³-hybridized carbons (Fsp3) is 0.333. The van der Waals surface area contributed by atoms with Gasteiger partial charge >= 0.3 is 5.97 Å². The van der Waals surface area contributed by atoms with Crippen molar-refractivity contribution in [3.05, 3.63) is 53.1 Å². The second kappa shape index (κ2) is 8.65. The van der Waals surface area contributed by atoms with Gasteiger partial charge in [0.15, 0.2) is 0 Å². The summed E-state index contributed by atoms with van der Waals surface area (Å²) in [5.74, 6) is -1.35. The molecule has 2 aromatic carbocycles. The summed E-state index contributed by atoms with van der Waals surface area (Å²) < 4.78 is 5.57. The van der Waals surface area contributed by atoms with Gasteiger partial charge in [0.25, 0.3) is 0 Å². The van der Waals surface area contributed by atoms with Crippen LogP contribution in [0.25, 0.3) is 0 Å². The Morgan fingerprint density at radius 2 is 1.89 bits per heavy atom. The highest BCUT2D eigenvalue weighted by molar-refractivity contribution is 6.02. The molecule has 0 atom stereocenters. The molecule has 0 aliphatic rings. The number of aromatic carboxylic acids is 1. The van der Waals surface area contributed by atoms with Gasteiger partial charge in [-0.05, 0) is 42.2 Å². The number of carboxylic acids is 1. The Bertz CT molecular complexity index is 885. The minimum Gasteiger partial charge on any atom is -0.507 e. The van der Waals surface area contributed by atoms with Crippen molar-refractivity contribution in [3.63, 3.8) is 0 Å². The van der Waals surface area contributed by atoms with Crippen LogP contribution in [0.2, 0.25) is 0 Å². The Balaban J connectivity index is 2.24. The van der Waals surface area contributed by atoms with Gasteiger partial charge in [-0.1, -0.05) is 32.0 Å². The molecule has 4 N–H and O–H groups in total. The molecule has 0 aliphatic carbocycles. The first-order valence-electron chi connectivity index (χ1n) is 8.96. The number of nitrogens with zero attached hydrogens (tertiary/aromatic N) is 1. The number of phenols is 1. The number of nitrogens with one attached hydrogen (secondary N) is 1. The quantitative estimate of drug-likeness (QED) is 0.324. The summed E-state index contributed by atoms with van der Waals surface area (Å²) in [6.07, 6.45) is 0. The van der Waals surface area contributed by atoms with Crippen LogP contribution in [-0.2, 0) is 5.41 Å². The average Bonchev–Trinajstić information content (AvgIpc) is 2.62. The molecule has 28 heavy (non-hydrogen) atoms. The maximum Gasteiger partial charge on any atom is 0.339 e. The molecular weight excluding hydrogens is 360 g/mol. The molecule has 2 aromatic rings. The summed E-state index contributed by atoms with van der Waals surface area (Å²) in [5, 5.41) is 34.9. The van der Waals surface area contributed by atoms with Crippen molar-refractivity contribution in [2.75, 3.05) is 18.5 Å². The van der Waals surface area contributed by atoms with Crippen LogP contribution in [-0.4, -0.2) is 40.3 Å². The van der Waals surface area contributed by atoms with E-state index in [1.807, 2.05) is 25.1 Å². The monoisotopic (exact) mass is 386 g/mol. The smallest absolute Gasteiger partial charge is 0.339 e. The standard InChI is InChI=1S/C21H26N2O5/c1-5-22-17-9-6-13(10-16(17)21(2,3)4)18(23-27)12-28-14-7-8-15(20(25)26)19(24)11-14/h6-11,22,24,27H,5,12H2,1-4H3,(H,25,26)/b23-18-. The van der Waals surface area contributed by atoms with Crippen molar-refractivity contribution in [3.8, 4) is 11.5 Å². The zero-order chi connectivity index (χ0) is 20.9. The molecule has 0 unspecified atom stereocenters. The van der Waals surface area contributed by atoms with E-state index < -0.39 is 11.7 Å². The van der Waals surface area contributed by atoms with Crippen LogP contribution in [0, 0.1) is 0 Å². The molecule has 0 radical (unpaired) electrons. The maximum atomic E-state index is 11.0. The Labute approximate surface area is 164 Å². The highest BCUT2D eigenvalue weighted by Crippen LogP contribution is 2.31. The number of rotatable bonds is 7. The third kappa shape index (κ3) is 4.94. The minimum atomic E-state index is -1.22. The van der Waals surface area contributed by atoms with Crippen LogP contribution in [0.15, 0.2) is 41.6 Å². The van der Waals surface area contributed by atoms with Gasteiger partial charge in [0, 0.05) is 23.9 Å². The molecule has 0 heterocycles. The first-order valence-corrected chi connectivity index (χ1v) is 8.96. The van der Waals surface area contributed by atoms with Crippen LogP contribution in [0.1, 0.15) is 49.2 Å². The summed E-state index contributed by atoms with van der Waals surface area (Å²) in [4.78, 5) is 11.0. The second-order valence-electron chi connectivity index (χ2n) is 7.36. The van der Waals surface area contributed by atoms with Gasteiger partial charge in [0.1, 0.15) is 29.4 Å². The van der Waals surface area contributed by atoms with Crippen LogP contribution in [0.4, 0.5) is 5.69 Å². The molecule has 150 valence electrons. The summed E-state index contributed by atoms with van der Waals surface area (Å²) in [6, 6.07) is 9.65. The molecule has 0 spiro atoms. The lowest BCUT2D eigenvalue weighted by Crippen LogP contribution is -2.18. The van der Waals surface area contributed by atoms with E-state index in [4.69, 9.17) is 9.84 Å². The molecule has 0 fully saturated rings. The van der Waals surface area contributed by atoms with E-state index in [1.165, 1.54) is 18.2 Å². The topological polar surface area (TPSA) is 111 Å². The first-order chi connectivity index (χ1) is 13.2. The van der Waals surface area contributed by atoms with Crippen LogP contribution in [0.5, 0.6) is 11.5 Å². The van der Waals surface area contributed by atoms with Gasteiger partial charge in [-0.15, -0.1) is 0 Å². The lowest BCUT2D eigenvalue weighted by atomic mass is 9.84. The Morgan fingerprint density at radius 3 is 2.43 bits per heavy atom. The fourth-order valence-electron chi connectivity index (χ4n) is 2.79. The van der Waals surface area contributed by atoms with Crippen molar-refractivity contribution in [1.29, 1.82) is 0 Å². The third-order valence-corrected chi connectivity index (χ3v) is 4.22. The summed E-state index contributed by atoms with van der Waals surface area (Å²) in [6.45, 7) is 9.08. The van der Waals surface area contributed by atoms with Gasteiger partial charge in [-0.3, -0.25) is 0 Å². The molecule has 0 saturated heterocycles. The Hall–Kier alpha value is -3.22. The highest BCUT2D eigenvalue weighted by Gasteiger charge is 2.20. The number of ether oxygens (including phenoxy) is 1. The van der Waals surface area contributed by atoms with E-state index in [0.717, 1.165) is 17.8 Å². The number of hydrogen-bond donors (Lipinski definition) is 4. The number of hydrogen-bond acceptors (Lipinski definition) is 6. The second-order valence-corrected chi connectivity index (χ2v) is 7.36. The predicted octanol–water partition coefficient (Wildman–Crippen LogP) is 4.08. The number of anilines is 1. The first kappa shape index (κ1) is 21.1. The van der Waals surface area contributed by atoms with Gasteiger partial charge < -0.3 is 25.5 Å². The number of carbonyl (C=O) groups is 1. The van der Waals surface area contributed by atoms with Gasteiger partial charge in [-0.25, -0.2) is 4.79 Å². The van der Waals surface area contributed by atoms with Gasteiger partial charge in [-0.2, -0.15) is 0 Å². The summed E-state index contributed by atoms with van der Waals surface area (Å²) in [7, 11) is 0. The minimum absolute atomic E-state index is 0.0491. The molecule has 0 bridgehead atoms. The highest BCUT2D eigenvalue weighted by atomic mass is 16.5. The number of aromatic hydroxyl groups is 1. The molecule has 7 heteroatoms. The van der Waals surface area contributed by atoms with E-state index in [-0.39, 0.29) is 23.3 Å². The molecule has 7 nitrogen and oxygen atoms in total. The predicted molar refractivity (Wildman–Crippen MR) is 108 cm³/mol. The Kier molecular flexibility index (Phi) is 6.51. The van der Waals surface area contributed by atoms with Crippen molar-refractivity contribution in [1.82, 2.24) is 0 Å². The van der Waals surface area contributed by atoms with Crippen LogP contribution >= 0.6 is 0 Å². The van der Waals surface area contributed by atoms with Crippen LogP contribution in [0.3, 0.4) is 0 Å². The van der Waals surface area contributed by atoms with E-state index in [9.17, 15) is 15.1 Å². The summed E-state index contributed by atoms with van der Waals surface area (Å²) in [5.41, 5.74) is 2.79. The summed E-state index contributed by atoms with van der Waals surface area (Å²) >= 11 is 0. The SMILES string of the molecule is CCNc1ccc(/C(COc2ccc(C(=O)O)c(O)c2)=N\O)cc1C(C)(C)C. The fourth-order valence-corrected chi connectivity index (χ4v) is 2.79. The van der Waals surface area contributed by atoms with Crippen molar-refractivity contribution in [2.45, 2.75) is 33.1 Å². The third-order valence-electron chi connectivity index (χ3n) is 4.22. The molecule has 0 saturated carbocycles. The number of oxime groups is 1. The maximum absolute atomic E-state index is 11.0.